The van der Waals surface area contributed by atoms with Crippen LogP contribution in [0.3, 0.4) is 0 Å². The zero-order valence-corrected chi connectivity index (χ0v) is 12.6. The van der Waals surface area contributed by atoms with Crippen LogP contribution in [-0.2, 0) is 0 Å². The first-order valence-electron chi connectivity index (χ1n) is 7.89. The molecular weight excluding hydrogens is 278 g/mol. The van der Waals surface area contributed by atoms with Crippen molar-refractivity contribution in [3.63, 3.8) is 0 Å². The summed E-state index contributed by atoms with van der Waals surface area (Å²) < 4.78 is 2.32. The van der Waals surface area contributed by atoms with Crippen LogP contribution in [0, 0.1) is 0 Å². The van der Waals surface area contributed by atoms with Crippen LogP contribution < -0.4 is 0 Å². The fraction of sp³-hybridized carbons (Fsp3) is 0. The first kappa shape index (κ1) is 12.5. The normalized spacial score (nSPS) is 11.5. The molecular formula is C22H15N. The maximum atomic E-state index is 2.32. The number of benzene rings is 3. The van der Waals surface area contributed by atoms with E-state index in [4.69, 9.17) is 0 Å². The molecule has 108 valence electrons. The lowest BCUT2D eigenvalue weighted by Gasteiger charge is -2.16. The highest BCUT2D eigenvalue weighted by Gasteiger charge is 2.17. The molecule has 0 spiro atoms. The van der Waals surface area contributed by atoms with Gasteiger partial charge in [-0.05, 0) is 34.4 Å². The second-order valence-electron chi connectivity index (χ2n) is 5.92. The van der Waals surface area contributed by atoms with E-state index < -0.39 is 0 Å². The first-order valence-corrected chi connectivity index (χ1v) is 7.89. The lowest BCUT2D eigenvalue weighted by Crippen LogP contribution is -2.00. The average molecular weight is 293 g/mol. The third kappa shape index (κ3) is 1.80. The van der Waals surface area contributed by atoms with Crippen molar-refractivity contribution in [1.82, 2.24) is 4.57 Å². The molecule has 1 aliphatic heterocycles. The SMILES string of the molecule is c1ccc(-n2cc3ccccc3c3cc4ccccc4c2-3)cc1. The van der Waals surface area contributed by atoms with Gasteiger partial charge in [0.2, 0.25) is 0 Å². The Labute approximate surface area is 134 Å². The molecule has 0 bridgehead atoms. The minimum absolute atomic E-state index is 1.19. The van der Waals surface area contributed by atoms with E-state index in [0.717, 1.165) is 0 Å². The maximum absolute atomic E-state index is 2.32. The summed E-state index contributed by atoms with van der Waals surface area (Å²) >= 11 is 0. The zero-order valence-electron chi connectivity index (χ0n) is 12.6. The smallest absolute Gasteiger partial charge is 0.0612 e. The van der Waals surface area contributed by atoms with E-state index in [9.17, 15) is 0 Å². The molecule has 0 saturated heterocycles. The molecule has 0 atom stereocenters. The van der Waals surface area contributed by atoms with Crippen molar-refractivity contribution in [2.75, 3.05) is 0 Å². The van der Waals surface area contributed by atoms with Gasteiger partial charge in [-0.25, -0.2) is 0 Å². The Hall–Kier alpha value is -3.06. The number of fused-ring (bicyclic) bond motifs is 5. The number of nitrogens with zero attached hydrogens (tertiary/aromatic N) is 1. The Morgan fingerprint density at radius 1 is 0.565 bits per heavy atom. The molecule has 1 heterocycles. The van der Waals surface area contributed by atoms with Crippen molar-refractivity contribution in [1.29, 1.82) is 0 Å². The van der Waals surface area contributed by atoms with Crippen LogP contribution >= 0.6 is 0 Å². The summed E-state index contributed by atoms with van der Waals surface area (Å²) in [6.45, 7) is 0. The molecule has 0 N–H and O–H groups in total. The average Bonchev–Trinajstić information content (AvgIpc) is 3.02. The number of hydrogen-bond acceptors (Lipinski definition) is 0. The quantitative estimate of drug-likeness (QED) is 0.363. The fourth-order valence-corrected chi connectivity index (χ4v) is 3.52. The van der Waals surface area contributed by atoms with E-state index in [1.54, 1.807) is 0 Å². The molecule has 0 amide bonds. The molecule has 1 aliphatic carbocycles. The van der Waals surface area contributed by atoms with Gasteiger partial charge in [0.25, 0.3) is 0 Å². The molecule has 0 unspecified atom stereocenters. The summed E-state index contributed by atoms with van der Waals surface area (Å²) in [6, 6.07) is 30.1. The molecule has 1 nitrogen and oxygen atoms in total. The highest BCUT2D eigenvalue weighted by atomic mass is 15.0. The molecule has 0 radical (unpaired) electrons. The largest absolute Gasteiger partial charge is 0.315 e. The van der Waals surface area contributed by atoms with Crippen molar-refractivity contribution >= 4 is 21.5 Å². The van der Waals surface area contributed by atoms with Gasteiger partial charge in [0.05, 0.1) is 5.69 Å². The van der Waals surface area contributed by atoms with Gasteiger partial charge in [-0.2, -0.15) is 0 Å². The Kier molecular flexibility index (Phi) is 2.56. The molecule has 0 aromatic heterocycles. The molecule has 5 rings (SSSR count). The lowest BCUT2D eigenvalue weighted by molar-refractivity contribution is 1.08. The van der Waals surface area contributed by atoms with Crippen molar-refractivity contribution in [3.8, 4) is 16.9 Å². The molecule has 0 fully saturated rings. The van der Waals surface area contributed by atoms with Crippen LogP contribution in [0.2, 0.25) is 0 Å². The third-order valence-electron chi connectivity index (χ3n) is 4.57. The Morgan fingerprint density at radius 3 is 2.04 bits per heavy atom. The van der Waals surface area contributed by atoms with E-state index >= 15 is 0 Å². The van der Waals surface area contributed by atoms with Gasteiger partial charge in [-0.15, -0.1) is 0 Å². The summed E-state index contributed by atoms with van der Waals surface area (Å²) in [5.41, 5.74) is 3.79. The van der Waals surface area contributed by atoms with Crippen LogP contribution in [0.5, 0.6) is 0 Å². The number of para-hydroxylation sites is 1. The van der Waals surface area contributed by atoms with Crippen LogP contribution in [-0.4, -0.2) is 4.57 Å². The highest BCUT2D eigenvalue weighted by Crippen LogP contribution is 2.40. The van der Waals surface area contributed by atoms with Crippen LogP contribution in [0.4, 0.5) is 0 Å². The minimum Gasteiger partial charge on any atom is -0.315 e. The second kappa shape index (κ2) is 4.72. The second-order valence-corrected chi connectivity index (χ2v) is 5.92. The van der Waals surface area contributed by atoms with E-state index in [1.165, 1.54) is 38.5 Å². The van der Waals surface area contributed by atoms with Crippen molar-refractivity contribution in [3.05, 3.63) is 91.1 Å². The summed E-state index contributed by atoms with van der Waals surface area (Å²) in [7, 11) is 0. The van der Waals surface area contributed by atoms with Gasteiger partial charge in [-0.1, -0.05) is 66.7 Å². The number of rotatable bonds is 1. The van der Waals surface area contributed by atoms with Crippen molar-refractivity contribution in [2.45, 2.75) is 0 Å². The van der Waals surface area contributed by atoms with Gasteiger partial charge in [0.1, 0.15) is 0 Å². The van der Waals surface area contributed by atoms with Crippen molar-refractivity contribution < 1.29 is 0 Å². The zero-order chi connectivity index (χ0) is 15.2. The summed E-state index contributed by atoms with van der Waals surface area (Å²) in [6.07, 6.45) is 2.25. The van der Waals surface area contributed by atoms with Crippen molar-refractivity contribution in [2.24, 2.45) is 0 Å². The van der Waals surface area contributed by atoms with Crippen LogP contribution in [0.15, 0.2) is 91.1 Å². The van der Waals surface area contributed by atoms with Crippen LogP contribution in [0.1, 0.15) is 0 Å². The predicted molar refractivity (Wildman–Crippen MR) is 97.4 cm³/mol. The summed E-state index contributed by atoms with van der Waals surface area (Å²) in [5, 5.41) is 5.17. The summed E-state index contributed by atoms with van der Waals surface area (Å²) in [5.74, 6) is 0. The molecule has 23 heavy (non-hydrogen) atoms. The minimum atomic E-state index is 1.19. The monoisotopic (exact) mass is 293 g/mol. The van der Waals surface area contributed by atoms with Gasteiger partial charge in [-0.3, -0.25) is 0 Å². The fourth-order valence-electron chi connectivity index (χ4n) is 3.52. The Balaban J connectivity index is 2.02. The van der Waals surface area contributed by atoms with E-state index in [-0.39, 0.29) is 0 Å². The van der Waals surface area contributed by atoms with Gasteiger partial charge >= 0.3 is 0 Å². The third-order valence-corrected chi connectivity index (χ3v) is 4.57. The topological polar surface area (TPSA) is 4.93 Å². The number of pyridine rings is 1. The van der Waals surface area contributed by atoms with E-state index in [2.05, 4.69) is 95.7 Å². The van der Waals surface area contributed by atoms with E-state index in [1.807, 2.05) is 0 Å². The molecule has 2 aliphatic rings. The molecule has 1 heteroatoms. The number of hydrogen-bond donors (Lipinski definition) is 0. The van der Waals surface area contributed by atoms with Gasteiger partial charge < -0.3 is 4.57 Å². The van der Waals surface area contributed by atoms with E-state index in [0.29, 0.717) is 0 Å². The lowest BCUT2D eigenvalue weighted by atomic mass is 10.0. The molecule has 0 saturated carbocycles. The highest BCUT2D eigenvalue weighted by molar-refractivity contribution is 6.10. The maximum Gasteiger partial charge on any atom is 0.0612 e. The van der Waals surface area contributed by atoms with Crippen LogP contribution in [0.25, 0.3) is 38.5 Å². The summed E-state index contributed by atoms with van der Waals surface area (Å²) in [4.78, 5) is 0. The number of aromatic nitrogens is 1. The van der Waals surface area contributed by atoms with Gasteiger partial charge in [0.15, 0.2) is 0 Å². The standard InChI is InChI=1S/C22H15N/c1-2-10-18(11-3-1)23-15-17-9-5-6-12-19(17)21-14-16-8-4-7-13-20(16)22(21)23/h1-15H. The molecule has 3 aromatic carbocycles. The first-order chi connectivity index (χ1) is 11.4. The Morgan fingerprint density at radius 2 is 1.22 bits per heavy atom. The Bertz CT molecular complexity index is 1100. The molecule has 3 aromatic rings. The predicted octanol–water partition coefficient (Wildman–Crippen LogP) is 5.89. The van der Waals surface area contributed by atoms with Gasteiger partial charge in [0, 0.05) is 22.8 Å².